The van der Waals surface area contributed by atoms with Gasteiger partial charge in [-0.25, -0.2) is 0 Å². The van der Waals surface area contributed by atoms with Crippen LogP contribution in [0.15, 0.2) is 29.6 Å². The Labute approximate surface area is 160 Å². The van der Waals surface area contributed by atoms with Crippen LogP contribution in [0.2, 0.25) is 0 Å². The fourth-order valence-corrected chi connectivity index (χ4v) is 5.68. The summed E-state index contributed by atoms with van der Waals surface area (Å²) in [4.78, 5) is 15.4. The molecule has 26 heavy (non-hydrogen) atoms. The lowest BCUT2D eigenvalue weighted by Crippen LogP contribution is -2.41. The van der Waals surface area contributed by atoms with Crippen LogP contribution in [0.1, 0.15) is 55.3 Å². The van der Waals surface area contributed by atoms with Crippen LogP contribution < -0.4 is 5.32 Å². The van der Waals surface area contributed by atoms with E-state index in [1.807, 2.05) is 17.5 Å². The quantitative estimate of drug-likeness (QED) is 0.810. The lowest BCUT2D eigenvalue weighted by molar-refractivity contribution is 0.0918. The van der Waals surface area contributed by atoms with Gasteiger partial charge in [-0.05, 0) is 56.7 Å². The molecule has 2 fully saturated rings. The van der Waals surface area contributed by atoms with Crippen molar-refractivity contribution in [3.05, 3.63) is 35.2 Å². The van der Waals surface area contributed by atoms with Gasteiger partial charge >= 0.3 is 0 Å². The zero-order valence-electron chi connectivity index (χ0n) is 15.6. The molecule has 2 atom stereocenters. The fraction of sp³-hybridized carbons (Fsp3) is 0.591. The summed E-state index contributed by atoms with van der Waals surface area (Å²) in [6.07, 6.45) is 9.39. The number of carbonyl (C=O) groups excluding carboxylic acids is 1. The molecule has 3 nitrogen and oxygen atoms in total. The van der Waals surface area contributed by atoms with Gasteiger partial charge in [-0.3, -0.25) is 4.79 Å². The molecule has 2 heterocycles. The number of hydrogen-bond donors (Lipinski definition) is 1. The molecule has 1 aromatic carbocycles. The average molecular weight is 371 g/mol. The highest BCUT2D eigenvalue weighted by atomic mass is 32.1. The van der Waals surface area contributed by atoms with Crippen molar-refractivity contribution in [2.75, 3.05) is 26.2 Å². The number of nitrogens with one attached hydrogen (secondary N) is 1. The number of piperidine rings is 1. The number of amides is 1. The van der Waals surface area contributed by atoms with Gasteiger partial charge in [0, 0.05) is 28.6 Å². The summed E-state index contributed by atoms with van der Waals surface area (Å²) in [7, 11) is 0. The second-order valence-electron chi connectivity index (χ2n) is 8.02. The van der Waals surface area contributed by atoms with Crippen LogP contribution in [0.3, 0.4) is 0 Å². The first kappa shape index (κ1) is 18.0. The smallest absolute Gasteiger partial charge is 0.252 e. The number of carbonyl (C=O) groups is 1. The zero-order valence-corrected chi connectivity index (χ0v) is 16.4. The Hall–Kier alpha value is -1.39. The second kappa shape index (κ2) is 8.53. The Morgan fingerprint density at radius 2 is 1.81 bits per heavy atom. The molecule has 1 aromatic heterocycles. The lowest BCUT2D eigenvalue weighted by atomic mass is 9.78. The van der Waals surface area contributed by atoms with E-state index in [-0.39, 0.29) is 5.91 Å². The number of rotatable bonds is 5. The standard InChI is InChI=1S/C22H30N2OS/c25-22(20-16-26-21-11-5-4-10-19(20)21)23-14-17-8-2-3-9-18(17)15-24-12-6-1-7-13-24/h4-5,10-11,16-18H,1-3,6-9,12-15H2,(H,23,25)/t17?,18-/m0/s1. The van der Waals surface area contributed by atoms with E-state index in [4.69, 9.17) is 0 Å². The maximum absolute atomic E-state index is 12.7. The average Bonchev–Trinajstić information content (AvgIpc) is 3.12. The molecule has 1 N–H and O–H groups in total. The number of nitrogens with zero attached hydrogens (tertiary/aromatic N) is 1. The van der Waals surface area contributed by atoms with E-state index in [0.717, 1.165) is 23.4 Å². The van der Waals surface area contributed by atoms with Gasteiger partial charge in [0.25, 0.3) is 5.91 Å². The lowest BCUT2D eigenvalue weighted by Gasteiger charge is -2.37. The van der Waals surface area contributed by atoms with Gasteiger partial charge in [0.15, 0.2) is 0 Å². The molecule has 2 aliphatic rings. The number of hydrogen-bond acceptors (Lipinski definition) is 3. The predicted molar refractivity (Wildman–Crippen MR) is 110 cm³/mol. The Bertz CT molecular complexity index is 735. The van der Waals surface area contributed by atoms with Crippen molar-refractivity contribution in [3.8, 4) is 0 Å². The Morgan fingerprint density at radius 3 is 2.65 bits per heavy atom. The van der Waals surface area contributed by atoms with Gasteiger partial charge in [-0.2, -0.15) is 0 Å². The molecule has 1 unspecified atom stereocenters. The molecular formula is C22H30N2OS. The third kappa shape index (κ3) is 4.12. The summed E-state index contributed by atoms with van der Waals surface area (Å²) < 4.78 is 1.19. The molecule has 1 saturated heterocycles. The maximum Gasteiger partial charge on any atom is 0.252 e. The van der Waals surface area contributed by atoms with Gasteiger partial charge in [-0.1, -0.05) is 37.5 Å². The van der Waals surface area contributed by atoms with Gasteiger partial charge in [0.1, 0.15) is 0 Å². The third-order valence-corrected chi connectivity index (χ3v) is 7.22. The summed E-state index contributed by atoms with van der Waals surface area (Å²) in [6, 6.07) is 8.20. The summed E-state index contributed by atoms with van der Waals surface area (Å²) in [5.74, 6) is 1.49. The van der Waals surface area contributed by atoms with Crippen molar-refractivity contribution in [2.24, 2.45) is 11.8 Å². The predicted octanol–water partition coefficient (Wildman–Crippen LogP) is 4.92. The van der Waals surface area contributed by atoms with E-state index in [9.17, 15) is 4.79 Å². The molecule has 0 bridgehead atoms. The van der Waals surface area contributed by atoms with Crippen LogP contribution in [0.5, 0.6) is 0 Å². The molecule has 1 saturated carbocycles. The van der Waals surface area contributed by atoms with Crippen molar-refractivity contribution in [1.82, 2.24) is 10.2 Å². The summed E-state index contributed by atoms with van der Waals surface area (Å²) in [6.45, 7) is 4.62. The number of thiophene rings is 1. The highest BCUT2D eigenvalue weighted by Gasteiger charge is 2.28. The molecule has 2 aromatic rings. The minimum absolute atomic E-state index is 0.102. The van der Waals surface area contributed by atoms with Crippen LogP contribution in [0.25, 0.3) is 10.1 Å². The van der Waals surface area contributed by atoms with E-state index in [1.165, 1.54) is 69.3 Å². The maximum atomic E-state index is 12.7. The largest absolute Gasteiger partial charge is 0.352 e. The summed E-state index contributed by atoms with van der Waals surface area (Å²) in [5.41, 5.74) is 0.842. The Kier molecular flexibility index (Phi) is 5.91. The molecule has 1 aliphatic carbocycles. The monoisotopic (exact) mass is 370 g/mol. The molecule has 140 valence electrons. The van der Waals surface area contributed by atoms with Crippen molar-refractivity contribution >= 4 is 27.3 Å². The molecule has 1 amide bonds. The summed E-state index contributed by atoms with van der Waals surface area (Å²) in [5, 5.41) is 6.36. The number of likely N-dealkylation sites (tertiary alicyclic amines) is 1. The van der Waals surface area contributed by atoms with Gasteiger partial charge in [0.2, 0.25) is 0 Å². The van der Waals surface area contributed by atoms with Crippen molar-refractivity contribution in [3.63, 3.8) is 0 Å². The highest BCUT2D eigenvalue weighted by molar-refractivity contribution is 7.17. The van der Waals surface area contributed by atoms with Crippen molar-refractivity contribution in [2.45, 2.75) is 44.9 Å². The van der Waals surface area contributed by atoms with Crippen LogP contribution in [0.4, 0.5) is 0 Å². The normalized spacial score (nSPS) is 24.6. The van der Waals surface area contributed by atoms with Crippen LogP contribution in [-0.4, -0.2) is 37.0 Å². The van der Waals surface area contributed by atoms with Crippen LogP contribution >= 0.6 is 11.3 Å². The van der Waals surface area contributed by atoms with Crippen molar-refractivity contribution < 1.29 is 4.79 Å². The SMILES string of the molecule is O=C(NCC1CCCC[C@H]1CN1CCCCC1)c1csc2ccccc12. The van der Waals surface area contributed by atoms with Gasteiger partial charge in [-0.15, -0.1) is 11.3 Å². The first-order valence-electron chi connectivity index (χ1n) is 10.3. The Balaban J connectivity index is 1.36. The minimum Gasteiger partial charge on any atom is -0.352 e. The van der Waals surface area contributed by atoms with Gasteiger partial charge in [0.05, 0.1) is 5.56 Å². The first-order valence-corrected chi connectivity index (χ1v) is 11.2. The fourth-order valence-electron chi connectivity index (χ4n) is 4.74. The van der Waals surface area contributed by atoms with E-state index in [2.05, 4.69) is 22.3 Å². The summed E-state index contributed by atoms with van der Waals surface area (Å²) >= 11 is 1.66. The molecular weight excluding hydrogens is 340 g/mol. The van der Waals surface area contributed by atoms with E-state index in [0.29, 0.717) is 5.92 Å². The molecule has 1 aliphatic heterocycles. The molecule has 4 heteroatoms. The minimum atomic E-state index is 0.102. The van der Waals surface area contributed by atoms with Crippen LogP contribution in [0, 0.1) is 11.8 Å². The number of fused-ring (bicyclic) bond motifs is 1. The second-order valence-corrected chi connectivity index (χ2v) is 8.93. The van der Waals surface area contributed by atoms with E-state index >= 15 is 0 Å². The highest BCUT2D eigenvalue weighted by Crippen LogP contribution is 2.31. The van der Waals surface area contributed by atoms with E-state index < -0.39 is 0 Å². The van der Waals surface area contributed by atoms with Crippen molar-refractivity contribution in [1.29, 1.82) is 0 Å². The van der Waals surface area contributed by atoms with Gasteiger partial charge < -0.3 is 10.2 Å². The van der Waals surface area contributed by atoms with E-state index in [1.54, 1.807) is 11.3 Å². The topological polar surface area (TPSA) is 32.3 Å². The molecule has 4 rings (SSSR count). The zero-order chi connectivity index (χ0) is 17.8. The van der Waals surface area contributed by atoms with Crippen LogP contribution in [-0.2, 0) is 0 Å². The molecule has 0 spiro atoms. The third-order valence-electron chi connectivity index (χ3n) is 6.26. The molecule has 0 radical (unpaired) electrons. The Morgan fingerprint density at radius 1 is 1.04 bits per heavy atom. The number of benzene rings is 1. The first-order chi connectivity index (χ1) is 12.8.